The van der Waals surface area contributed by atoms with E-state index in [0.29, 0.717) is 10.8 Å². The highest BCUT2D eigenvalue weighted by atomic mass is 35.5. The molecular formula is C17H19ClN2OS. The number of halogens is 1. The summed E-state index contributed by atoms with van der Waals surface area (Å²) in [6, 6.07) is 11.5. The number of carbonyl (C=O) groups is 1. The molecule has 0 unspecified atom stereocenters. The molecule has 1 heterocycles. The Kier molecular flexibility index (Phi) is 5.48. The van der Waals surface area contributed by atoms with Crippen LogP contribution in [-0.4, -0.2) is 16.6 Å². The summed E-state index contributed by atoms with van der Waals surface area (Å²) in [7, 11) is 0. The van der Waals surface area contributed by atoms with Gasteiger partial charge in [-0.1, -0.05) is 56.3 Å². The van der Waals surface area contributed by atoms with Crippen LogP contribution >= 0.6 is 23.4 Å². The Bertz CT molecular complexity index is 633. The SMILES string of the molecule is CC(C)(C)c1ccc(NC(=O)CSc2ccc(Cl)cn2)cc1. The Hall–Kier alpha value is -1.52. The second-order valence-electron chi connectivity index (χ2n) is 5.98. The van der Waals surface area contributed by atoms with Gasteiger partial charge in [0.1, 0.15) is 0 Å². The molecule has 1 amide bonds. The third-order valence-electron chi connectivity index (χ3n) is 3.09. The molecule has 5 heteroatoms. The van der Waals surface area contributed by atoms with Crippen molar-refractivity contribution in [1.29, 1.82) is 0 Å². The van der Waals surface area contributed by atoms with Crippen LogP contribution in [0.25, 0.3) is 0 Å². The van der Waals surface area contributed by atoms with Gasteiger partial charge in [-0.3, -0.25) is 4.79 Å². The maximum Gasteiger partial charge on any atom is 0.234 e. The van der Waals surface area contributed by atoms with E-state index in [0.717, 1.165) is 10.7 Å². The van der Waals surface area contributed by atoms with Gasteiger partial charge in [-0.15, -0.1) is 0 Å². The van der Waals surface area contributed by atoms with Gasteiger partial charge in [0, 0.05) is 11.9 Å². The van der Waals surface area contributed by atoms with E-state index in [1.54, 1.807) is 18.3 Å². The van der Waals surface area contributed by atoms with Crippen LogP contribution in [0.3, 0.4) is 0 Å². The summed E-state index contributed by atoms with van der Waals surface area (Å²) >= 11 is 7.16. The summed E-state index contributed by atoms with van der Waals surface area (Å²) in [6.07, 6.45) is 1.58. The number of amides is 1. The summed E-state index contributed by atoms with van der Waals surface area (Å²) in [5.74, 6) is 0.264. The van der Waals surface area contributed by atoms with Crippen molar-refractivity contribution in [1.82, 2.24) is 4.98 Å². The van der Waals surface area contributed by atoms with Crippen LogP contribution in [0.4, 0.5) is 5.69 Å². The van der Waals surface area contributed by atoms with Crippen molar-refractivity contribution in [3.05, 3.63) is 53.2 Å². The maximum absolute atomic E-state index is 11.9. The molecule has 1 N–H and O–H groups in total. The van der Waals surface area contributed by atoms with Crippen molar-refractivity contribution in [3.8, 4) is 0 Å². The Morgan fingerprint density at radius 1 is 1.18 bits per heavy atom. The van der Waals surface area contributed by atoms with Crippen LogP contribution in [-0.2, 0) is 10.2 Å². The molecule has 0 aliphatic heterocycles. The van der Waals surface area contributed by atoms with Crippen molar-refractivity contribution >= 4 is 35.0 Å². The number of carbonyl (C=O) groups excluding carboxylic acids is 1. The largest absolute Gasteiger partial charge is 0.325 e. The first-order valence-corrected chi connectivity index (χ1v) is 8.36. The molecule has 0 fully saturated rings. The molecule has 0 atom stereocenters. The Morgan fingerprint density at radius 3 is 2.41 bits per heavy atom. The highest BCUT2D eigenvalue weighted by molar-refractivity contribution is 7.99. The molecule has 0 aliphatic rings. The number of aromatic nitrogens is 1. The van der Waals surface area contributed by atoms with E-state index in [1.165, 1.54) is 17.3 Å². The number of hydrogen-bond donors (Lipinski definition) is 1. The topological polar surface area (TPSA) is 42.0 Å². The number of pyridine rings is 1. The van der Waals surface area contributed by atoms with Crippen LogP contribution < -0.4 is 5.32 Å². The highest BCUT2D eigenvalue weighted by Gasteiger charge is 2.13. The predicted molar refractivity (Wildman–Crippen MR) is 93.7 cm³/mol. The molecule has 2 rings (SSSR count). The second-order valence-corrected chi connectivity index (χ2v) is 7.41. The Morgan fingerprint density at radius 2 is 1.86 bits per heavy atom. The van der Waals surface area contributed by atoms with Crippen LogP contribution in [0.15, 0.2) is 47.6 Å². The molecule has 0 spiro atoms. The third-order valence-corrected chi connectivity index (χ3v) is 4.25. The van der Waals surface area contributed by atoms with Crippen molar-refractivity contribution in [2.75, 3.05) is 11.1 Å². The van der Waals surface area contributed by atoms with Crippen LogP contribution in [0.5, 0.6) is 0 Å². The molecule has 116 valence electrons. The second kappa shape index (κ2) is 7.16. The number of benzene rings is 1. The fraction of sp³-hybridized carbons (Fsp3) is 0.294. The van der Waals surface area contributed by atoms with Gasteiger partial charge in [-0.25, -0.2) is 4.98 Å². The standard InChI is InChI=1S/C17H19ClN2OS/c1-17(2,3)12-4-7-14(8-5-12)20-15(21)11-22-16-9-6-13(18)10-19-16/h4-10H,11H2,1-3H3,(H,20,21). The molecule has 0 saturated heterocycles. The fourth-order valence-corrected chi connectivity index (χ4v) is 2.59. The minimum absolute atomic E-state index is 0.0507. The van der Waals surface area contributed by atoms with Gasteiger partial charge < -0.3 is 5.32 Å². The van der Waals surface area contributed by atoms with Crippen molar-refractivity contribution in [2.45, 2.75) is 31.2 Å². The normalized spacial score (nSPS) is 11.3. The van der Waals surface area contributed by atoms with E-state index < -0.39 is 0 Å². The summed E-state index contributed by atoms with van der Waals surface area (Å²) in [6.45, 7) is 6.49. The van der Waals surface area contributed by atoms with E-state index in [1.807, 2.05) is 24.3 Å². The zero-order valence-corrected chi connectivity index (χ0v) is 14.5. The van der Waals surface area contributed by atoms with E-state index in [-0.39, 0.29) is 11.3 Å². The number of anilines is 1. The molecule has 1 aromatic heterocycles. The first-order chi connectivity index (χ1) is 10.3. The Balaban J connectivity index is 1.88. The van der Waals surface area contributed by atoms with Crippen molar-refractivity contribution in [2.24, 2.45) is 0 Å². The van der Waals surface area contributed by atoms with Gasteiger partial charge in [0.25, 0.3) is 0 Å². The summed E-state index contributed by atoms with van der Waals surface area (Å²) in [5.41, 5.74) is 2.16. The quantitative estimate of drug-likeness (QED) is 0.819. The highest BCUT2D eigenvalue weighted by Crippen LogP contribution is 2.23. The van der Waals surface area contributed by atoms with E-state index in [4.69, 9.17) is 11.6 Å². The zero-order valence-electron chi connectivity index (χ0n) is 12.9. The molecule has 3 nitrogen and oxygen atoms in total. The molecule has 0 saturated carbocycles. The first kappa shape index (κ1) is 16.8. The van der Waals surface area contributed by atoms with Crippen molar-refractivity contribution < 1.29 is 4.79 Å². The van der Waals surface area contributed by atoms with Crippen molar-refractivity contribution in [3.63, 3.8) is 0 Å². The van der Waals surface area contributed by atoms with E-state index in [9.17, 15) is 4.79 Å². The monoisotopic (exact) mass is 334 g/mol. The number of thioether (sulfide) groups is 1. The molecule has 0 bridgehead atoms. The van der Waals surface area contributed by atoms with Gasteiger partial charge >= 0.3 is 0 Å². The number of rotatable bonds is 4. The Labute approximate surface area is 140 Å². The lowest BCUT2D eigenvalue weighted by molar-refractivity contribution is -0.113. The molecule has 2 aromatic rings. The summed E-state index contributed by atoms with van der Waals surface area (Å²) < 4.78 is 0. The first-order valence-electron chi connectivity index (χ1n) is 6.99. The smallest absolute Gasteiger partial charge is 0.234 e. The maximum atomic E-state index is 11.9. The number of nitrogens with zero attached hydrogens (tertiary/aromatic N) is 1. The number of hydrogen-bond acceptors (Lipinski definition) is 3. The van der Waals surface area contributed by atoms with Crippen LogP contribution in [0.2, 0.25) is 5.02 Å². The minimum atomic E-state index is -0.0507. The summed E-state index contributed by atoms with van der Waals surface area (Å²) in [4.78, 5) is 16.1. The molecule has 1 aromatic carbocycles. The van der Waals surface area contributed by atoms with E-state index in [2.05, 4.69) is 31.1 Å². The van der Waals surface area contributed by atoms with E-state index >= 15 is 0 Å². The van der Waals surface area contributed by atoms with Gasteiger partial charge in [0.15, 0.2) is 0 Å². The predicted octanol–water partition coefficient (Wildman–Crippen LogP) is 4.76. The average Bonchev–Trinajstić information content (AvgIpc) is 2.46. The minimum Gasteiger partial charge on any atom is -0.325 e. The average molecular weight is 335 g/mol. The number of nitrogens with one attached hydrogen (secondary N) is 1. The lowest BCUT2D eigenvalue weighted by Crippen LogP contribution is -2.15. The lowest BCUT2D eigenvalue weighted by Gasteiger charge is -2.19. The van der Waals surface area contributed by atoms with Gasteiger partial charge in [-0.2, -0.15) is 0 Å². The van der Waals surface area contributed by atoms with Crippen LogP contribution in [0, 0.1) is 0 Å². The summed E-state index contributed by atoms with van der Waals surface area (Å²) in [5, 5.41) is 4.26. The van der Waals surface area contributed by atoms with Crippen LogP contribution in [0.1, 0.15) is 26.3 Å². The molecular weight excluding hydrogens is 316 g/mol. The molecule has 22 heavy (non-hydrogen) atoms. The molecule has 0 radical (unpaired) electrons. The van der Waals surface area contributed by atoms with Gasteiger partial charge in [0.05, 0.1) is 15.8 Å². The fourth-order valence-electron chi connectivity index (χ4n) is 1.84. The lowest BCUT2D eigenvalue weighted by atomic mass is 9.87. The zero-order chi connectivity index (χ0) is 16.2. The van der Waals surface area contributed by atoms with Gasteiger partial charge in [0.2, 0.25) is 5.91 Å². The molecule has 0 aliphatic carbocycles. The van der Waals surface area contributed by atoms with Gasteiger partial charge in [-0.05, 0) is 35.2 Å². The third kappa shape index (κ3) is 5.04.